The Kier molecular flexibility index (Phi) is 4.68. The molecule has 6 heteroatoms. The van der Waals surface area contributed by atoms with Gasteiger partial charge in [-0.25, -0.2) is 4.98 Å². The quantitative estimate of drug-likeness (QED) is 0.475. The Bertz CT molecular complexity index is 1000. The summed E-state index contributed by atoms with van der Waals surface area (Å²) in [5.74, 6) is 0.805. The van der Waals surface area contributed by atoms with Crippen LogP contribution in [-0.2, 0) is 12.3 Å². The molecule has 3 aromatic heterocycles. The summed E-state index contributed by atoms with van der Waals surface area (Å²) in [4.78, 5) is 13.5. The number of thioether (sulfide) groups is 1. The fourth-order valence-electron chi connectivity index (χ4n) is 2.64. The molecule has 3 heterocycles. The third-order valence-corrected chi connectivity index (χ3v) is 5.10. The first kappa shape index (κ1) is 16.1. The van der Waals surface area contributed by atoms with Crippen LogP contribution in [0.3, 0.4) is 0 Å². The third-order valence-electron chi connectivity index (χ3n) is 3.82. The first-order valence-corrected chi connectivity index (χ1v) is 9.23. The van der Waals surface area contributed by atoms with Gasteiger partial charge in [0.15, 0.2) is 5.16 Å². The summed E-state index contributed by atoms with van der Waals surface area (Å²) >= 11 is 7.77. The zero-order valence-electron chi connectivity index (χ0n) is 13.3. The van der Waals surface area contributed by atoms with Crippen LogP contribution in [0.25, 0.3) is 11.0 Å². The van der Waals surface area contributed by atoms with Crippen LogP contribution in [0.15, 0.2) is 72.3 Å². The molecule has 0 aliphatic rings. The smallest absolute Gasteiger partial charge is 0.169 e. The fraction of sp³-hybridized carbons (Fsp3) is 0.105. The Morgan fingerprint density at radius 3 is 2.84 bits per heavy atom. The van der Waals surface area contributed by atoms with E-state index in [0.29, 0.717) is 6.54 Å². The Morgan fingerprint density at radius 2 is 2.00 bits per heavy atom. The molecule has 0 N–H and O–H groups in total. The van der Waals surface area contributed by atoms with Crippen molar-refractivity contribution >= 4 is 34.4 Å². The molecule has 0 aliphatic carbocycles. The maximum absolute atomic E-state index is 6.08. The minimum atomic E-state index is 0.668. The highest BCUT2D eigenvalue weighted by Crippen LogP contribution is 2.27. The highest BCUT2D eigenvalue weighted by Gasteiger charge is 2.12. The molecule has 0 saturated carbocycles. The first-order valence-electron chi connectivity index (χ1n) is 7.87. The van der Waals surface area contributed by atoms with Gasteiger partial charge in [0, 0.05) is 23.2 Å². The van der Waals surface area contributed by atoms with E-state index in [1.807, 2.05) is 54.9 Å². The van der Waals surface area contributed by atoms with Crippen molar-refractivity contribution < 1.29 is 0 Å². The summed E-state index contributed by atoms with van der Waals surface area (Å²) in [5.41, 5.74) is 4.13. The van der Waals surface area contributed by atoms with Gasteiger partial charge < -0.3 is 4.57 Å². The Hall–Kier alpha value is -2.37. The topological polar surface area (TPSA) is 43.6 Å². The maximum atomic E-state index is 6.08. The van der Waals surface area contributed by atoms with Crippen LogP contribution in [0, 0.1) is 0 Å². The van der Waals surface area contributed by atoms with Crippen LogP contribution < -0.4 is 0 Å². The lowest BCUT2D eigenvalue weighted by Crippen LogP contribution is -2.03. The monoisotopic (exact) mass is 366 g/mol. The molecule has 0 atom stereocenters. The van der Waals surface area contributed by atoms with E-state index in [0.717, 1.165) is 32.7 Å². The molecule has 4 rings (SSSR count). The number of halogens is 1. The molecule has 0 fully saturated rings. The average Bonchev–Trinajstić information content (AvgIpc) is 2.99. The molecular formula is C19H15ClN4S. The predicted molar refractivity (Wildman–Crippen MR) is 102 cm³/mol. The van der Waals surface area contributed by atoms with Gasteiger partial charge >= 0.3 is 0 Å². The highest BCUT2D eigenvalue weighted by molar-refractivity contribution is 7.98. The highest BCUT2D eigenvalue weighted by atomic mass is 35.5. The molecule has 1 aromatic carbocycles. The first-order chi connectivity index (χ1) is 12.3. The molecule has 0 radical (unpaired) electrons. The number of nitrogens with zero attached hydrogens (tertiary/aromatic N) is 4. The van der Waals surface area contributed by atoms with Crippen molar-refractivity contribution in [2.24, 2.45) is 0 Å². The largest absolute Gasteiger partial charge is 0.312 e. The van der Waals surface area contributed by atoms with Crippen LogP contribution >= 0.6 is 23.4 Å². The van der Waals surface area contributed by atoms with Gasteiger partial charge in [-0.2, -0.15) is 0 Å². The maximum Gasteiger partial charge on any atom is 0.169 e. The zero-order chi connectivity index (χ0) is 17.1. The summed E-state index contributed by atoms with van der Waals surface area (Å²) < 4.78 is 2.17. The number of fused-ring (bicyclic) bond motifs is 1. The molecule has 0 amide bonds. The third kappa shape index (κ3) is 3.67. The van der Waals surface area contributed by atoms with Crippen LogP contribution in [0.1, 0.15) is 11.3 Å². The number of hydrogen-bond donors (Lipinski definition) is 0. The molecular weight excluding hydrogens is 352 g/mol. The molecule has 124 valence electrons. The van der Waals surface area contributed by atoms with Gasteiger partial charge in [-0.15, -0.1) is 0 Å². The van der Waals surface area contributed by atoms with Crippen LogP contribution in [0.5, 0.6) is 0 Å². The number of imidazole rings is 1. The normalized spacial score (nSPS) is 11.1. The van der Waals surface area contributed by atoms with Crippen molar-refractivity contribution in [3.63, 3.8) is 0 Å². The van der Waals surface area contributed by atoms with Crippen LogP contribution in [-0.4, -0.2) is 19.5 Å². The molecule has 0 unspecified atom stereocenters. The van der Waals surface area contributed by atoms with Crippen LogP contribution in [0.2, 0.25) is 5.02 Å². The molecule has 0 bridgehead atoms. The van der Waals surface area contributed by atoms with E-state index in [1.165, 1.54) is 5.56 Å². The lowest BCUT2D eigenvalue weighted by molar-refractivity contribution is 0.714. The van der Waals surface area contributed by atoms with E-state index in [2.05, 4.69) is 20.6 Å². The van der Waals surface area contributed by atoms with E-state index in [4.69, 9.17) is 16.6 Å². The lowest BCUT2D eigenvalue weighted by Gasteiger charge is -2.08. The van der Waals surface area contributed by atoms with Crippen molar-refractivity contribution in [3.8, 4) is 0 Å². The van der Waals surface area contributed by atoms with Gasteiger partial charge in [0.1, 0.15) is 0 Å². The second-order valence-corrected chi connectivity index (χ2v) is 6.96. The van der Waals surface area contributed by atoms with Crippen molar-refractivity contribution in [1.29, 1.82) is 0 Å². The van der Waals surface area contributed by atoms with Gasteiger partial charge in [-0.3, -0.25) is 9.97 Å². The minimum absolute atomic E-state index is 0.668. The van der Waals surface area contributed by atoms with Crippen molar-refractivity contribution in [3.05, 3.63) is 83.4 Å². The molecule has 4 nitrogen and oxygen atoms in total. The van der Waals surface area contributed by atoms with E-state index >= 15 is 0 Å². The Morgan fingerprint density at radius 1 is 1.04 bits per heavy atom. The zero-order valence-corrected chi connectivity index (χ0v) is 14.9. The van der Waals surface area contributed by atoms with E-state index < -0.39 is 0 Å². The Balaban J connectivity index is 1.66. The summed E-state index contributed by atoms with van der Waals surface area (Å²) in [6.07, 6.45) is 5.44. The molecule has 0 saturated heterocycles. The van der Waals surface area contributed by atoms with Crippen LogP contribution in [0.4, 0.5) is 0 Å². The molecule has 4 aromatic rings. The number of rotatable bonds is 5. The van der Waals surface area contributed by atoms with Gasteiger partial charge in [0.2, 0.25) is 0 Å². The number of benzene rings is 1. The van der Waals surface area contributed by atoms with Crippen molar-refractivity contribution in [2.75, 3.05) is 0 Å². The second-order valence-electron chi connectivity index (χ2n) is 5.58. The molecule has 0 spiro atoms. The SMILES string of the molecule is Clc1cccc(CSc2nc3ccncc3n2Cc2ccccn2)c1. The Labute approximate surface area is 154 Å². The minimum Gasteiger partial charge on any atom is -0.312 e. The average molecular weight is 367 g/mol. The summed E-state index contributed by atoms with van der Waals surface area (Å²) in [5, 5.41) is 1.71. The standard InChI is InChI=1S/C19H15ClN4S/c20-15-5-3-4-14(10-15)13-25-19-23-17-7-9-21-11-18(17)24(19)12-16-6-1-2-8-22-16/h1-11H,12-13H2. The molecule has 25 heavy (non-hydrogen) atoms. The summed E-state index contributed by atoms with van der Waals surface area (Å²) in [6, 6.07) is 15.8. The second kappa shape index (κ2) is 7.25. The molecule has 0 aliphatic heterocycles. The van der Waals surface area contributed by atoms with Crippen molar-refractivity contribution in [1.82, 2.24) is 19.5 Å². The summed E-state index contributed by atoms with van der Waals surface area (Å²) in [7, 11) is 0. The number of pyridine rings is 2. The van der Waals surface area contributed by atoms with Crippen molar-refractivity contribution in [2.45, 2.75) is 17.5 Å². The van der Waals surface area contributed by atoms with E-state index in [-0.39, 0.29) is 0 Å². The fourth-order valence-corrected chi connectivity index (χ4v) is 3.81. The number of aromatic nitrogens is 4. The predicted octanol–water partition coefficient (Wildman–Crippen LogP) is 4.82. The van der Waals surface area contributed by atoms with Gasteiger partial charge in [0.25, 0.3) is 0 Å². The van der Waals surface area contributed by atoms with E-state index in [9.17, 15) is 0 Å². The summed E-state index contributed by atoms with van der Waals surface area (Å²) in [6.45, 7) is 0.668. The lowest BCUT2D eigenvalue weighted by atomic mass is 10.2. The number of hydrogen-bond acceptors (Lipinski definition) is 4. The van der Waals surface area contributed by atoms with Gasteiger partial charge in [0.05, 0.1) is 29.5 Å². The van der Waals surface area contributed by atoms with Gasteiger partial charge in [-0.1, -0.05) is 41.6 Å². The van der Waals surface area contributed by atoms with Gasteiger partial charge in [-0.05, 0) is 35.9 Å². The van der Waals surface area contributed by atoms with E-state index in [1.54, 1.807) is 18.0 Å².